The number of hydrogen-bond acceptors (Lipinski definition) is 6. The lowest BCUT2D eigenvalue weighted by molar-refractivity contribution is -0.120. The predicted octanol–water partition coefficient (Wildman–Crippen LogP) is 3.60. The average Bonchev–Trinajstić information content (AvgIpc) is 3.12. The predicted molar refractivity (Wildman–Crippen MR) is 123 cm³/mol. The third-order valence-electron chi connectivity index (χ3n) is 4.72. The highest BCUT2D eigenvalue weighted by molar-refractivity contribution is 7.93. The molecule has 7 nitrogen and oxygen atoms in total. The smallest absolute Gasteiger partial charge is 0.263 e. The number of carbonyl (C=O) groups excluding carboxylic acids is 1. The van der Waals surface area contributed by atoms with Crippen LogP contribution in [0, 0.1) is 0 Å². The van der Waals surface area contributed by atoms with Gasteiger partial charge < -0.3 is 10.6 Å². The second kappa shape index (κ2) is 11.9. The number of thiazole rings is 1. The molecule has 1 fully saturated rings. The maximum atomic E-state index is 12.4. The number of halogens is 2. The van der Waals surface area contributed by atoms with Gasteiger partial charge in [0.25, 0.3) is 10.0 Å². The first kappa shape index (κ1) is 24.9. The van der Waals surface area contributed by atoms with Crippen molar-refractivity contribution in [3.63, 3.8) is 0 Å². The highest BCUT2D eigenvalue weighted by atomic mass is 35.5. The Kier molecular flexibility index (Phi) is 9.83. The zero-order chi connectivity index (χ0) is 20.7. The molecule has 3 rings (SSSR count). The molecule has 1 amide bonds. The summed E-state index contributed by atoms with van der Waals surface area (Å²) in [6.07, 6.45) is 6.40. The Bertz CT molecular complexity index is 914. The molecular formula is C19H26Cl2N4O3S2. The quantitative estimate of drug-likeness (QED) is 0.464. The number of rotatable bonds is 9. The van der Waals surface area contributed by atoms with Crippen molar-refractivity contribution in [2.75, 3.05) is 17.8 Å². The van der Waals surface area contributed by atoms with Gasteiger partial charge in [0.15, 0.2) is 5.13 Å². The molecule has 1 aromatic heterocycles. The summed E-state index contributed by atoms with van der Waals surface area (Å²) < 4.78 is 27.2. The molecular weight excluding hydrogens is 467 g/mol. The Hall–Kier alpha value is -1.39. The van der Waals surface area contributed by atoms with E-state index >= 15 is 0 Å². The number of carbonyl (C=O) groups is 1. The van der Waals surface area contributed by atoms with Crippen molar-refractivity contribution in [2.45, 2.75) is 49.5 Å². The third kappa shape index (κ3) is 7.70. The first-order chi connectivity index (χ1) is 13.9. The van der Waals surface area contributed by atoms with Gasteiger partial charge in [-0.05, 0) is 37.1 Å². The highest BCUT2D eigenvalue weighted by Crippen LogP contribution is 2.21. The third-order valence-corrected chi connectivity index (χ3v) is 7.27. The summed E-state index contributed by atoms with van der Waals surface area (Å²) in [5, 5.41) is 8.71. The molecule has 1 aromatic carbocycles. The van der Waals surface area contributed by atoms with Crippen LogP contribution in [0.15, 0.2) is 34.5 Å². The van der Waals surface area contributed by atoms with Crippen molar-refractivity contribution in [1.82, 2.24) is 15.6 Å². The van der Waals surface area contributed by atoms with E-state index in [-0.39, 0.29) is 34.8 Å². The monoisotopic (exact) mass is 492 g/mol. The summed E-state index contributed by atoms with van der Waals surface area (Å²) in [6.45, 7) is 1.31. The Morgan fingerprint density at radius 3 is 2.53 bits per heavy atom. The van der Waals surface area contributed by atoms with Crippen LogP contribution in [0.25, 0.3) is 0 Å². The molecule has 1 heterocycles. The SMILES string of the molecule is Cl.O=C(Cc1csc(NS(=O)(=O)c2ccc(Cl)cc2)n1)NCCNC1CCCCC1. The fraction of sp³-hybridized carbons (Fsp3) is 0.474. The van der Waals surface area contributed by atoms with Gasteiger partial charge in [0.2, 0.25) is 5.91 Å². The van der Waals surface area contributed by atoms with Crippen LogP contribution in [0.2, 0.25) is 5.02 Å². The number of nitrogens with one attached hydrogen (secondary N) is 3. The molecule has 30 heavy (non-hydrogen) atoms. The highest BCUT2D eigenvalue weighted by Gasteiger charge is 2.17. The fourth-order valence-electron chi connectivity index (χ4n) is 3.23. The van der Waals surface area contributed by atoms with Crippen LogP contribution in [0.1, 0.15) is 37.8 Å². The molecule has 11 heteroatoms. The minimum atomic E-state index is -3.74. The first-order valence-corrected chi connectivity index (χ1v) is 12.4. The number of sulfonamides is 1. The number of anilines is 1. The molecule has 1 aliphatic carbocycles. The molecule has 0 bridgehead atoms. The first-order valence-electron chi connectivity index (χ1n) is 9.65. The van der Waals surface area contributed by atoms with Crippen LogP contribution >= 0.6 is 35.3 Å². The van der Waals surface area contributed by atoms with Gasteiger partial charge in [-0.3, -0.25) is 9.52 Å². The lowest BCUT2D eigenvalue weighted by Gasteiger charge is -2.22. The van der Waals surface area contributed by atoms with E-state index in [4.69, 9.17) is 11.6 Å². The molecule has 1 saturated carbocycles. The van der Waals surface area contributed by atoms with Gasteiger partial charge in [-0.25, -0.2) is 13.4 Å². The van der Waals surface area contributed by atoms with Gasteiger partial charge >= 0.3 is 0 Å². The Morgan fingerprint density at radius 1 is 1.13 bits per heavy atom. The molecule has 0 atom stereocenters. The van der Waals surface area contributed by atoms with E-state index in [0.29, 0.717) is 23.3 Å². The molecule has 0 unspecified atom stereocenters. The van der Waals surface area contributed by atoms with E-state index in [1.807, 2.05) is 0 Å². The van der Waals surface area contributed by atoms with Crippen LogP contribution in [0.5, 0.6) is 0 Å². The molecule has 2 aromatic rings. The minimum absolute atomic E-state index is 0. The van der Waals surface area contributed by atoms with E-state index in [1.54, 1.807) is 5.38 Å². The van der Waals surface area contributed by atoms with Crippen molar-refractivity contribution in [3.05, 3.63) is 40.4 Å². The molecule has 0 spiro atoms. The van der Waals surface area contributed by atoms with E-state index < -0.39 is 10.0 Å². The van der Waals surface area contributed by atoms with E-state index in [1.165, 1.54) is 56.4 Å². The van der Waals surface area contributed by atoms with Crippen LogP contribution in [-0.4, -0.2) is 38.4 Å². The van der Waals surface area contributed by atoms with Crippen LogP contribution < -0.4 is 15.4 Å². The summed E-state index contributed by atoms with van der Waals surface area (Å²) in [7, 11) is -3.74. The van der Waals surface area contributed by atoms with Crippen molar-refractivity contribution >= 4 is 56.4 Å². The number of amides is 1. The second-order valence-corrected chi connectivity index (χ2v) is 10.00. The van der Waals surface area contributed by atoms with Crippen molar-refractivity contribution in [2.24, 2.45) is 0 Å². The summed E-state index contributed by atoms with van der Waals surface area (Å²) in [4.78, 5) is 16.4. The maximum Gasteiger partial charge on any atom is 0.263 e. The van der Waals surface area contributed by atoms with Gasteiger partial charge in [0.1, 0.15) is 0 Å². The number of nitrogens with zero attached hydrogens (tertiary/aromatic N) is 1. The molecule has 0 aliphatic heterocycles. The molecule has 3 N–H and O–H groups in total. The van der Waals surface area contributed by atoms with Gasteiger partial charge in [-0.2, -0.15) is 0 Å². The Balaban J connectivity index is 0.00000320. The fourth-order valence-corrected chi connectivity index (χ4v) is 5.32. The summed E-state index contributed by atoms with van der Waals surface area (Å²) in [5.41, 5.74) is 0.529. The van der Waals surface area contributed by atoms with Crippen molar-refractivity contribution in [1.29, 1.82) is 0 Å². The van der Waals surface area contributed by atoms with Gasteiger partial charge in [0.05, 0.1) is 17.0 Å². The molecule has 0 saturated heterocycles. The minimum Gasteiger partial charge on any atom is -0.354 e. The summed E-state index contributed by atoms with van der Waals surface area (Å²) >= 11 is 6.93. The normalized spacial score (nSPS) is 14.7. The van der Waals surface area contributed by atoms with Crippen LogP contribution in [-0.2, 0) is 21.2 Å². The lowest BCUT2D eigenvalue weighted by atomic mass is 9.95. The van der Waals surface area contributed by atoms with Crippen molar-refractivity contribution in [3.8, 4) is 0 Å². The van der Waals surface area contributed by atoms with Gasteiger partial charge in [0, 0.05) is 29.5 Å². The van der Waals surface area contributed by atoms with Crippen molar-refractivity contribution < 1.29 is 13.2 Å². The average molecular weight is 493 g/mol. The maximum absolute atomic E-state index is 12.4. The standard InChI is InChI=1S/C19H25ClN4O3S2.ClH/c20-14-6-8-17(9-7-14)29(26,27)24-19-23-16(13-28-19)12-18(25)22-11-10-21-15-4-2-1-3-5-15;/h6-9,13,15,21H,1-5,10-12H2,(H,22,25)(H,23,24);1H. The number of benzene rings is 1. The molecule has 166 valence electrons. The zero-order valence-electron chi connectivity index (χ0n) is 16.4. The summed E-state index contributed by atoms with van der Waals surface area (Å²) in [5.74, 6) is -0.132. The number of aromatic nitrogens is 1. The van der Waals surface area contributed by atoms with Crippen LogP contribution in [0.3, 0.4) is 0 Å². The second-order valence-electron chi connectivity index (χ2n) is 7.02. The molecule has 1 aliphatic rings. The van der Waals surface area contributed by atoms with E-state index in [0.717, 1.165) is 17.9 Å². The Labute approximate surface area is 192 Å². The topological polar surface area (TPSA) is 100 Å². The largest absolute Gasteiger partial charge is 0.354 e. The van der Waals surface area contributed by atoms with Gasteiger partial charge in [-0.1, -0.05) is 30.9 Å². The Morgan fingerprint density at radius 2 is 1.83 bits per heavy atom. The van der Waals surface area contributed by atoms with E-state index in [2.05, 4.69) is 20.3 Å². The number of hydrogen-bond donors (Lipinski definition) is 3. The summed E-state index contributed by atoms with van der Waals surface area (Å²) in [6, 6.07) is 6.44. The zero-order valence-corrected chi connectivity index (χ0v) is 19.6. The van der Waals surface area contributed by atoms with Gasteiger partial charge in [-0.15, -0.1) is 23.7 Å². The molecule has 0 radical (unpaired) electrons. The van der Waals surface area contributed by atoms with Crippen LogP contribution in [0.4, 0.5) is 5.13 Å². The lowest BCUT2D eigenvalue weighted by Crippen LogP contribution is -2.38. The van der Waals surface area contributed by atoms with E-state index in [9.17, 15) is 13.2 Å².